The van der Waals surface area contributed by atoms with E-state index in [1.807, 2.05) is 13.8 Å². The summed E-state index contributed by atoms with van der Waals surface area (Å²) in [6.07, 6.45) is 1.44. The molecule has 1 heterocycles. The van der Waals surface area contributed by atoms with Crippen molar-refractivity contribution in [1.29, 1.82) is 0 Å². The highest BCUT2D eigenvalue weighted by Crippen LogP contribution is 2.16. The van der Waals surface area contributed by atoms with Crippen molar-refractivity contribution in [1.82, 2.24) is 10.3 Å². The minimum atomic E-state index is -0.0434. The zero-order chi connectivity index (χ0) is 11.4. The maximum atomic E-state index is 11.6. The summed E-state index contributed by atoms with van der Waals surface area (Å²) < 4.78 is 0. The number of rotatable bonds is 4. The monoisotopic (exact) mass is 227 g/mol. The van der Waals surface area contributed by atoms with E-state index in [2.05, 4.69) is 10.3 Å². The van der Waals surface area contributed by atoms with Crippen LogP contribution in [0, 0.1) is 0 Å². The van der Waals surface area contributed by atoms with E-state index in [4.69, 9.17) is 17.3 Å². The van der Waals surface area contributed by atoms with Gasteiger partial charge in [0.2, 0.25) is 0 Å². The van der Waals surface area contributed by atoms with Crippen LogP contribution in [0.1, 0.15) is 24.2 Å². The first-order valence-corrected chi connectivity index (χ1v) is 5.06. The molecular weight excluding hydrogens is 214 g/mol. The van der Waals surface area contributed by atoms with Gasteiger partial charge in [-0.2, -0.15) is 0 Å². The number of nitrogen functional groups attached to an aromatic ring is 1. The van der Waals surface area contributed by atoms with E-state index in [0.717, 1.165) is 0 Å². The van der Waals surface area contributed by atoms with Crippen molar-refractivity contribution in [3.63, 3.8) is 0 Å². The van der Waals surface area contributed by atoms with Crippen LogP contribution in [0.4, 0.5) is 5.82 Å². The molecule has 15 heavy (non-hydrogen) atoms. The van der Waals surface area contributed by atoms with Crippen molar-refractivity contribution in [2.24, 2.45) is 0 Å². The van der Waals surface area contributed by atoms with E-state index >= 15 is 0 Å². The number of aromatic nitrogens is 1. The average Bonchev–Trinajstić information content (AvgIpc) is 2.18. The Balaban J connectivity index is 2.70. The summed E-state index contributed by atoms with van der Waals surface area (Å²) >= 11 is 5.76. The van der Waals surface area contributed by atoms with Gasteiger partial charge in [-0.3, -0.25) is 4.79 Å². The molecule has 0 bridgehead atoms. The van der Waals surface area contributed by atoms with Gasteiger partial charge in [-0.15, -0.1) is 0 Å². The Morgan fingerprint density at radius 1 is 1.67 bits per heavy atom. The molecule has 0 amide bonds. The lowest BCUT2D eigenvalue weighted by molar-refractivity contribution is 0.0988. The van der Waals surface area contributed by atoms with Crippen LogP contribution in [0.3, 0.4) is 0 Å². The van der Waals surface area contributed by atoms with Gasteiger partial charge in [0.15, 0.2) is 5.78 Å². The second-order valence-corrected chi connectivity index (χ2v) is 3.96. The third kappa shape index (κ3) is 3.49. The standard InChI is InChI=1S/C10H14ClN3O/c1-6(2)13-5-9(15)7-3-8(11)10(12)14-4-7/h3-4,6,13H,5H2,1-2H3,(H2,12,14). The normalized spacial score (nSPS) is 10.7. The number of Topliss-reactive ketones (excluding diaryl/α,β-unsaturated/α-hetero) is 1. The number of anilines is 1. The highest BCUT2D eigenvalue weighted by atomic mass is 35.5. The molecule has 1 rings (SSSR count). The number of pyridine rings is 1. The molecule has 0 aromatic carbocycles. The van der Waals surface area contributed by atoms with Gasteiger partial charge in [0, 0.05) is 17.8 Å². The molecule has 0 aliphatic carbocycles. The maximum absolute atomic E-state index is 11.6. The molecule has 82 valence electrons. The lowest BCUT2D eigenvalue weighted by Crippen LogP contribution is -2.29. The van der Waals surface area contributed by atoms with Crippen LogP contribution in [0.2, 0.25) is 5.02 Å². The Bertz CT molecular complexity index is 366. The molecule has 4 nitrogen and oxygen atoms in total. The van der Waals surface area contributed by atoms with Gasteiger partial charge >= 0.3 is 0 Å². The number of hydrogen-bond donors (Lipinski definition) is 2. The summed E-state index contributed by atoms with van der Waals surface area (Å²) in [5.41, 5.74) is 5.92. The van der Waals surface area contributed by atoms with Crippen LogP contribution < -0.4 is 11.1 Å². The maximum Gasteiger partial charge on any atom is 0.178 e. The van der Waals surface area contributed by atoms with E-state index in [1.165, 1.54) is 12.3 Å². The van der Waals surface area contributed by atoms with Gasteiger partial charge in [-0.05, 0) is 6.07 Å². The van der Waals surface area contributed by atoms with E-state index in [0.29, 0.717) is 10.6 Å². The smallest absolute Gasteiger partial charge is 0.178 e. The number of hydrogen-bond acceptors (Lipinski definition) is 4. The van der Waals surface area contributed by atoms with Crippen molar-refractivity contribution >= 4 is 23.2 Å². The van der Waals surface area contributed by atoms with Gasteiger partial charge in [0.25, 0.3) is 0 Å². The fraction of sp³-hybridized carbons (Fsp3) is 0.400. The fourth-order valence-corrected chi connectivity index (χ4v) is 1.17. The minimum absolute atomic E-state index is 0.0434. The van der Waals surface area contributed by atoms with Gasteiger partial charge in [-0.25, -0.2) is 4.98 Å². The van der Waals surface area contributed by atoms with Crippen LogP contribution in [-0.2, 0) is 0 Å². The molecule has 0 spiro atoms. The summed E-state index contributed by atoms with van der Waals surface area (Å²) in [5.74, 6) is 0.197. The van der Waals surface area contributed by atoms with E-state index in [9.17, 15) is 4.79 Å². The third-order valence-corrected chi connectivity index (χ3v) is 2.17. The summed E-state index contributed by atoms with van der Waals surface area (Å²) in [4.78, 5) is 15.4. The van der Waals surface area contributed by atoms with Crippen LogP contribution in [0.5, 0.6) is 0 Å². The molecule has 0 radical (unpaired) electrons. The second-order valence-electron chi connectivity index (χ2n) is 3.55. The highest BCUT2D eigenvalue weighted by molar-refractivity contribution is 6.33. The first-order valence-electron chi connectivity index (χ1n) is 4.68. The SMILES string of the molecule is CC(C)NCC(=O)c1cnc(N)c(Cl)c1. The average molecular weight is 228 g/mol. The quantitative estimate of drug-likeness (QED) is 0.765. The molecular formula is C10H14ClN3O. The zero-order valence-electron chi connectivity index (χ0n) is 8.75. The first-order chi connectivity index (χ1) is 7.00. The first kappa shape index (κ1) is 11.9. The summed E-state index contributed by atoms with van der Waals surface area (Å²) in [6.45, 7) is 4.22. The lowest BCUT2D eigenvalue weighted by atomic mass is 10.2. The fourth-order valence-electron chi connectivity index (χ4n) is 1.000. The van der Waals surface area contributed by atoms with Crippen LogP contribution in [0.25, 0.3) is 0 Å². The Labute approximate surface area is 93.8 Å². The topological polar surface area (TPSA) is 68.0 Å². The van der Waals surface area contributed by atoms with Gasteiger partial charge in [0.05, 0.1) is 11.6 Å². The Morgan fingerprint density at radius 3 is 2.87 bits per heavy atom. The molecule has 1 aromatic rings. The molecule has 3 N–H and O–H groups in total. The number of carbonyl (C=O) groups excluding carboxylic acids is 1. The summed E-state index contributed by atoms with van der Waals surface area (Å²) in [7, 11) is 0. The molecule has 5 heteroatoms. The van der Waals surface area contributed by atoms with Gasteiger partial charge < -0.3 is 11.1 Å². The van der Waals surface area contributed by atoms with Crippen molar-refractivity contribution in [3.8, 4) is 0 Å². The third-order valence-electron chi connectivity index (χ3n) is 1.86. The molecule has 0 aliphatic heterocycles. The second kappa shape index (κ2) is 5.09. The van der Waals surface area contributed by atoms with Crippen molar-refractivity contribution in [2.45, 2.75) is 19.9 Å². The van der Waals surface area contributed by atoms with E-state index < -0.39 is 0 Å². The van der Waals surface area contributed by atoms with Crippen LogP contribution in [0.15, 0.2) is 12.3 Å². The van der Waals surface area contributed by atoms with Crippen LogP contribution in [-0.4, -0.2) is 23.4 Å². The molecule has 0 aliphatic rings. The Morgan fingerprint density at radius 2 is 2.33 bits per heavy atom. The Hall–Kier alpha value is -1.13. The molecule has 0 saturated heterocycles. The molecule has 0 atom stereocenters. The molecule has 0 saturated carbocycles. The number of carbonyl (C=O) groups is 1. The van der Waals surface area contributed by atoms with Gasteiger partial charge in [0.1, 0.15) is 5.82 Å². The van der Waals surface area contributed by atoms with Gasteiger partial charge in [-0.1, -0.05) is 25.4 Å². The minimum Gasteiger partial charge on any atom is -0.382 e. The lowest BCUT2D eigenvalue weighted by Gasteiger charge is -2.07. The molecule has 0 fully saturated rings. The zero-order valence-corrected chi connectivity index (χ0v) is 9.51. The highest BCUT2D eigenvalue weighted by Gasteiger charge is 2.08. The van der Waals surface area contributed by atoms with E-state index in [-0.39, 0.29) is 24.2 Å². The van der Waals surface area contributed by atoms with Crippen molar-refractivity contribution in [3.05, 3.63) is 22.8 Å². The molecule has 0 unspecified atom stereocenters. The largest absolute Gasteiger partial charge is 0.382 e. The number of nitrogens with zero attached hydrogens (tertiary/aromatic N) is 1. The number of halogens is 1. The van der Waals surface area contributed by atoms with Crippen molar-refractivity contribution in [2.75, 3.05) is 12.3 Å². The Kier molecular flexibility index (Phi) is 4.05. The molecule has 1 aromatic heterocycles. The number of nitrogens with two attached hydrogens (primary N) is 1. The summed E-state index contributed by atoms with van der Waals surface area (Å²) in [6, 6.07) is 1.81. The predicted molar refractivity (Wildman–Crippen MR) is 61.1 cm³/mol. The van der Waals surface area contributed by atoms with Crippen molar-refractivity contribution < 1.29 is 4.79 Å². The van der Waals surface area contributed by atoms with E-state index in [1.54, 1.807) is 0 Å². The number of ketones is 1. The number of nitrogens with one attached hydrogen (secondary N) is 1. The summed E-state index contributed by atoms with van der Waals surface area (Å²) in [5, 5.41) is 3.34. The van der Waals surface area contributed by atoms with Crippen LogP contribution >= 0.6 is 11.6 Å². The predicted octanol–water partition coefficient (Wildman–Crippen LogP) is 1.50.